The third-order valence-corrected chi connectivity index (χ3v) is 2.93. The number of hydrogen-bond acceptors (Lipinski definition) is 4. The fourth-order valence-corrected chi connectivity index (χ4v) is 1.98. The standard InChI is InChI=1S/C11H16N4O/c12-11(13)10-5-9(1-3-14-10)15-4-2-8(6-15)7-16/h1,3,5,8,16H,2,4,6-7H2,(H3,12,13). The lowest BCUT2D eigenvalue weighted by Crippen LogP contribution is -2.21. The number of aliphatic hydroxyl groups excluding tert-OH is 1. The van der Waals surface area contributed by atoms with Crippen LogP contribution in [0.4, 0.5) is 5.69 Å². The molecule has 0 aliphatic carbocycles. The van der Waals surface area contributed by atoms with E-state index >= 15 is 0 Å². The number of rotatable bonds is 3. The molecule has 0 saturated carbocycles. The number of nitrogen functional groups attached to an aromatic ring is 1. The number of nitrogens with zero attached hydrogens (tertiary/aromatic N) is 2. The first-order valence-corrected chi connectivity index (χ1v) is 5.37. The second-order valence-corrected chi connectivity index (χ2v) is 4.10. The Balaban J connectivity index is 2.15. The molecule has 0 amide bonds. The van der Waals surface area contributed by atoms with Crippen LogP contribution in [0.3, 0.4) is 0 Å². The lowest BCUT2D eigenvalue weighted by Gasteiger charge is -2.18. The number of nitrogens with two attached hydrogens (primary N) is 1. The quantitative estimate of drug-likeness (QED) is 0.501. The fraction of sp³-hybridized carbons (Fsp3) is 0.455. The molecular weight excluding hydrogens is 204 g/mol. The molecule has 5 heteroatoms. The lowest BCUT2D eigenvalue weighted by molar-refractivity contribution is 0.238. The predicted molar refractivity (Wildman–Crippen MR) is 62.7 cm³/mol. The van der Waals surface area contributed by atoms with Gasteiger partial charge in [0.1, 0.15) is 11.5 Å². The zero-order valence-electron chi connectivity index (χ0n) is 9.06. The minimum absolute atomic E-state index is 0.0141. The second-order valence-electron chi connectivity index (χ2n) is 4.10. The summed E-state index contributed by atoms with van der Waals surface area (Å²) in [5.41, 5.74) is 6.93. The van der Waals surface area contributed by atoms with Crippen LogP contribution in [0.2, 0.25) is 0 Å². The van der Waals surface area contributed by atoms with E-state index in [1.807, 2.05) is 12.1 Å². The predicted octanol–water partition coefficient (Wildman–Crippen LogP) is 0.184. The molecule has 0 radical (unpaired) electrons. The number of anilines is 1. The van der Waals surface area contributed by atoms with Crippen molar-refractivity contribution < 1.29 is 5.11 Å². The first kappa shape index (κ1) is 10.9. The highest BCUT2D eigenvalue weighted by atomic mass is 16.3. The summed E-state index contributed by atoms with van der Waals surface area (Å²) in [6.07, 6.45) is 2.67. The van der Waals surface area contributed by atoms with Crippen molar-refractivity contribution in [3.63, 3.8) is 0 Å². The molecule has 2 rings (SSSR count). The van der Waals surface area contributed by atoms with Gasteiger partial charge in [-0.15, -0.1) is 0 Å². The molecule has 0 spiro atoms. The van der Waals surface area contributed by atoms with Gasteiger partial charge in [-0.2, -0.15) is 0 Å². The minimum atomic E-state index is -0.0141. The van der Waals surface area contributed by atoms with E-state index in [9.17, 15) is 0 Å². The monoisotopic (exact) mass is 220 g/mol. The maximum absolute atomic E-state index is 9.08. The smallest absolute Gasteiger partial charge is 0.141 e. The number of amidine groups is 1. The number of aliphatic hydroxyl groups is 1. The zero-order valence-corrected chi connectivity index (χ0v) is 9.06. The number of nitrogens with one attached hydrogen (secondary N) is 1. The van der Waals surface area contributed by atoms with Crippen LogP contribution in [0, 0.1) is 11.3 Å². The van der Waals surface area contributed by atoms with Crippen LogP contribution in [0.5, 0.6) is 0 Å². The highest BCUT2D eigenvalue weighted by Crippen LogP contribution is 2.23. The number of pyridine rings is 1. The Hall–Kier alpha value is -1.62. The van der Waals surface area contributed by atoms with Gasteiger partial charge in [0.2, 0.25) is 0 Å². The van der Waals surface area contributed by atoms with Crippen LogP contribution in [-0.4, -0.2) is 35.6 Å². The van der Waals surface area contributed by atoms with E-state index in [1.54, 1.807) is 6.20 Å². The molecule has 1 unspecified atom stereocenters. The largest absolute Gasteiger partial charge is 0.396 e. The zero-order chi connectivity index (χ0) is 11.5. The van der Waals surface area contributed by atoms with Crippen molar-refractivity contribution in [3.8, 4) is 0 Å². The Kier molecular flexibility index (Phi) is 3.05. The van der Waals surface area contributed by atoms with Crippen molar-refractivity contribution in [1.82, 2.24) is 4.98 Å². The first-order chi connectivity index (χ1) is 7.70. The topological polar surface area (TPSA) is 86.2 Å². The van der Waals surface area contributed by atoms with Gasteiger partial charge in [-0.25, -0.2) is 0 Å². The molecule has 1 aromatic heterocycles. The van der Waals surface area contributed by atoms with Crippen molar-refractivity contribution in [2.45, 2.75) is 6.42 Å². The summed E-state index contributed by atoms with van der Waals surface area (Å²) in [6.45, 7) is 2.03. The Morgan fingerprint density at radius 1 is 1.69 bits per heavy atom. The van der Waals surface area contributed by atoms with Crippen LogP contribution in [0.15, 0.2) is 18.3 Å². The van der Waals surface area contributed by atoms with Crippen LogP contribution in [0.1, 0.15) is 12.1 Å². The summed E-state index contributed by atoms with van der Waals surface area (Å²) in [4.78, 5) is 6.21. The molecule has 5 nitrogen and oxygen atoms in total. The lowest BCUT2D eigenvalue weighted by atomic mass is 10.1. The van der Waals surface area contributed by atoms with Crippen molar-refractivity contribution in [2.24, 2.45) is 11.7 Å². The van der Waals surface area contributed by atoms with E-state index in [0.717, 1.165) is 25.2 Å². The van der Waals surface area contributed by atoms with Gasteiger partial charge >= 0.3 is 0 Å². The highest BCUT2D eigenvalue weighted by molar-refractivity contribution is 5.93. The molecule has 2 heterocycles. The van der Waals surface area contributed by atoms with Crippen LogP contribution in [-0.2, 0) is 0 Å². The molecule has 1 saturated heterocycles. The van der Waals surface area contributed by atoms with Gasteiger partial charge < -0.3 is 15.7 Å². The van der Waals surface area contributed by atoms with Gasteiger partial charge in [-0.05, 0) is 18.6 Å². The molecule has 16 heavy (non-hydrogen) atoms. The van der Waals surface area contributed by atoms with E-state index in [0.29, 0.717) is 11.6 Å². The van der Waals surface area contributed by atoms with Crippen LogP contribution >= 0.6 is 0 Å². The van der Waals surface area contributed by atoms with Crippen molar-refractivity contribution >= 4 is 11.5 Å². The minimum Gasteiger partial charge on any atom is -0.396 e. The molecule has 1 aliphatic heterocycles. The molecule has 4 N–H and O–H groups in total. The van der Waals surface area contributed by atoms with Crippen molar-refractivity contribution in [2.75, 3.05) is 24.6 Å². The van der Waals surface area contributed by atoms with Gasteiger partial charge in [0.25, 0.3) is 0 Å². The summed E-state index contributed by atoms with van der Waals surface area (Å²) >= 11 is 0. The Morgan fingerprint density at radius 3 is 3.12 bits per heavy atom. The summed E-state index contributed by atoms with van der Waals surface area (Å²) in [5.74, 6) is 0.341. The number of aromatic nitrogens is 1. The van der Waals surface area contributed by atoms with Crippen LogP contribution in [0.25, 0.3) is 0 Å². The van der Waals surface area contributed by atoms with E-state index in [1.165, 1.54) is 0 Å². The van der Waals surface area contributed by atoms with Gasteiger partial charge in [0, 0.05) is 37.5 Å². The summed E-state index contributed by atoms with van der Waals surface area (Å²) in [6, 6.07) is 3.73. The first-order valence-electron chi connectivity index (χ1n) is 5.37. The highest BCUT2D eigenvalue weighted by Gasteiger charge is 2.22. The van der Waals surface area contributed by atoms with Crippen molar-refractivity contribution in [1.29, 1.82) is 5.41 Å². The molecular formula is C11H16N4O. The Bertz CT molecular complexity index is 393. The molecule has 0 bridgehead atoms. The summed E-state index contributed by atoms with van der Waals surface area (Å²) in [5, 5.41) is 16.4. The number of hydrogen-bond donors (Lipinski definition) is 3. The normalized spacial score (nSPS) is 20.1. The second kappa shape index (κ2) is 4.49. The van der Waals surface area contributed by atoms with E-state index in [-0.39, 0.29) is 12.4 Å². The van der Waals surface area contributed by atoms with Gasteiger partial charge in [0.05, 0.1) is 0 Å². The molecule has 86 valence electrons. The SMILES string of the molecule is N=C(N)c1cc(N2CCC(CO)C2)ccn1. The van der Waals surface area contributed by atoms with Gasteiger partial charge in [0.15, 0.2) is 0 Å². The van der Waals surface area contributed by atoms with Gasteiger partial charge in [-0.3, -0.25) is 10.4 Å². The van der Waals surface area contributed by atoms with Gasteiger partial charge in [-0.1, -0.05) is 0 Å². The third kappa shape index (κ3) is 2.14. The molecule has 1 aromatic rings. The van der Waals surface area contributed by atoms with E-state index in [2.05, 4.69) is 9.88 Å². The summed E-state index contributed by atoms with van der Waals surface area (Å²) < 4.78 is 0. The maximum Gasteiger partial charge on any atom is 0.141 e. The molecule has 0 aromatic carbocycles. The van der Waals surface area contributed by atoms with E-state index in [4.69, 9.17) is 16.2 Å². The molecule has 1 fully saturated rings. The Labute approximate surface area is 94.4 Å². The maximum atomic E-state index is 9.08. The molecule has 1 aliphatic rings. The van der Waals surface area contributed by atoms with E-state index < -0.39 is 0 Å². The fourth-order valence-electron chi connectivity index (χ4n) is 1.98. The molecule has 1 atom stereocenters. The average Bonchev–Trinajstić information content (AvgIpc) is 2.77. The summed E-state index contributed by atoms with van der Waals surface area (Å²) in [7, 11) is 0. The van der Waals surface area contributed by atoms with Crippen LogP contribution < -0.4 is 10.6 Å². The van der Waals surface area contributed by atoms with Crippen molar-refractivity contribution in [3.05, 3.63) is 24.0 Å². The average molecular weight is 220 g/mol. The third-order valence-electron chi connectivity index (χ3n) is 2.93. The Morgan fingerprint density at radius 2 is 2.50 bits per heavy atom.